The lowest BCUT2D eigenvalue weighted by Crippen LogP contribution is -2.55. The fourth-order valence-electron chi connectivity index (χ4n) is 5.29. The summed E-state index contributed by atoms with van der Waals surface area (Å²) < 4.78 is 5.78. The minimum Gasteiger partial charge on any atom is -0.377 e. The molecule has 0 bridgehead atoms. The van der Waals surface area contributed by atoms with Gasteiger partial charge in [0, 0.05) is 44.9 Å². The van der Waals surface area contributed by atoms with Crippen molar-refractivity contribution < 1.29 is 9.53 Å². The number of carbonyl (C=O) groups excluding carboxylic acids is 1. The summed E-state index contributed by atoms with van der Waals surface area (Å²) in [5.41, 5.74) is 0. The van der Waals surface area contributed by atoms with E-state index in [2.05, 4.69) is 22.0 Å². The average Bonchev–Trinajstić information content (AvgIpc) is 3.20. The van der Waals surface area contributed by atoms with Crippen LogP contribution in [-0.2, 0) is 4.74 Å². The van der Waals surface area contributed by atoms with Crippen molar-refractivity contribution in [1.82, 2.24) is 15.1 Å². The molecular weight excluding hydrogens is 314 g/mol. The van der Waals surface area contributed by atoms with E-state index in [1.807, 2.05) is 0 Å². The molecule has 1 saturated carbocycles. The summed E-state index contributed by atoms with van der Waals surface area (Å²) in [4.78, 5) is 17.6. The molecule has 0 radical (unpaired) electrons. The first-order valence-corrected chi connectivity index (χ1v) is 10.6. The molecule has 0 spiro atoms. The van der Waals surface area contributed by atoms with E-state index in [1.54, 1.807) is 0 Å². The molecule has 3 heterocycles. The Hall–Kier alpha value is -0.810. The first kappa shape index (κ1) is 17.6. The number of piperidine rings is 1. The number of amides is 2. The zero-order chi connectivity index (χ0) is 17.2. The van der Waals surface area contributed by atoms with Gasteiger partial charge in [-0.1, -0.05) is 13.3 Å². The molecule has 3 saturated heterocycles. The second-order valence-electron chi connectivity index (χ2n) is 8.81. The zero-order valence-electron chi connectivity index (χ0n) is 15.8. The molecule has 0 aromatic rings. The highest BCUT2D eigenvalue weighted by Gasteiger charge is 2.38. The van der Waals surface area contributed by atoms with Crippen LogP contribution in [0, 0.1) is 11.8 Å². The van der Waals surface area contributed by atoms with Gasteiger partial charge in [-0.2, -0.15) is 0 Å². The van der Waals surface area contributed by atoms with Gasteiger partial charge in [-0.05, 0) is 56.8 Å². The fraction of sp³-hybridized carbons (Fsp3) is 0.950. The smallest absolute Gasteiger partial charge is 0.317 e. The van der Waals surface area contributed by atoms with E-state index in [9.17, 15) is 4.79 Å². The van der Waals surface area contributed by atoms with E-state index in [0.29, 0.717) is 24.1 Å². The lowest BCUT2D eigenvalue weighted by atomic mass is 9.79. The van der Waals surface area contributed by atoms with Crippen LogP contribution in [-0.4, -0.2) is 66.8 Å². The molecule has 1 aliphatic carbocycles. The van der Waals surface area contributed by atoms with Crippen LogP contribution in [0.2, 0.25) is 0 Å². The maximum Gasteiger partial charge on any atom is 0.317 e. The number of carbonyl (C=O) groups is 1. The second-order valence-corrected chi connectivity index (χ2v) is 8.81. The van der Waals surface area contributed by atoms with Crippen molar-refractivity contribution >= 4 is 6.03 Å². The van der Waals surface area contributed by atoms with Gasteiger partial charge < -0.3 is 19.9 Å². The lowest BCUT2D eigenvalue weighted by Gasteiger charge is -2.40. The summed E-state index contributed by atoms with van der Waals surface area (Å²) in [7, 11) is 0. The molecular formula is C20H35N3O2. The first-order chi connectivity index (χ1) is 12.2. The van der Waals surface area contributed by atoms with Crippen molar-refractivity contribution in [1.29, 1.82) is 0 Å². The Labute approximate surface area is 152 Å². The molecule has 4 rings (SSSR count). The minimum absolute atomic E-state index is 0.207. The van der Waals surface area contributed by atoms with E-state index < -0.39 is 0 Å². The molecule has 4 aliphatic rings. The van der Waals surface area contributed by atoms with Gasteiger partial charge in [0.25, 0.3) is 0 Å². The van der Waals surface area contributed by atoms with Gasteiger partial charge in [-0.3, -0.25) is 0 Å². The number of ether oxygens (including phenoxy) is 1. The molecule has 2 amide bonds. The van der Waals surface area contributed by atoms with E-state index in [1.165, 1.54) is 44.9 Å². The molecule has 4 atom stereocenters. The van der Waals surface area contributed by atoms with E-state index in [-0.39, 0.29) is 6.03 Å². The molecule has 25 heavy (non-hydrogen) atoms. The zero-order valence-corrected chi connectivity index (χ0v) is 15.8. The summed E-state index contributed by atoms with van der Waals surface area (Å²) in [6.45, 7) is 7.42. The van der Waals surface area contributed by atoms with Crippen molar-refractivity contribution in [2.45, 2.75) is 76.5 Å². The Kier molecular flexibility index (Phi) is 5.51. The Morgan fingerprint density at radius 3 is 2.64 bits per heavy atom. The largest absolute Gasteiger partial charge is 0.377 e. The Morgan fingerprint density at radius 1 is 1.08 bits per heavy atom. The van der Waals surface area contributed by atoms with Crippen LogP contribution in [0.3, 0.4) is 0 Å². The van der Waals surface area contributed by atoms with Crippen molar-refractivity contribution in [3.05, 3.63) is 0 Å². The predicted octanol–water partition coefficient (Wildman–Crippen LogP) is 2.85. The summed E-state index contributed by atoms with van der Waals surface area (Å²) in [6.07, 6.45) is 10.3. The molecule has 3 aliphatic heterocycles. The number of hydrogen-bond acceptors (Lipinski definition) is 3. The van der Waals surface area contributed by atoms with Crippen molar-refractivity contribution in [2.75, 3.05) is 32.8 Å². The number of likely N-dealkylation sites (tertiary alicyclic amines) is 2. The molecule has 0 unspecified atom stereocenters. The number of rotatable bonds is 4. The summed E-state index contributed by atoms with van der Waals surface area (Å²) in [6, 6.07) is 1.05. The van der Waals surface area contributed by atoms with Gasteiger partial charge in [0.1, 0.15) is 0 Å². The number of nitrogens with zero attached hydrogens (tertiary/aromatic N) is 2. The van der Waals surface area contributed by atoms with Crippen LogP contribution in [0.15, 0.2) is 0 Å². The van der Waals surface area contributed by atoms with E-state index in [0.717, 1.165) is 45.1 Å². The van der Waals surface area contributed by atoms with Gasteiger partial charge >= 0.3 is 6.03 Å². The fourth-order valence-corrected chi connectivity index (χ4v) is 5.29. The Morgan fingerprint density at radius 2 is 1.96 bits per heavy atom. The monoisotopic (exact) mass is 349 g/mol. The van der Waals surface area contributed by atoms with Gasteiger partial charge in [-0.25, -0.2) is 4.79 Å². The van der Waals surface area contributed by atoms with Crippen LogP contribution in [0.1, 0.15) is 58.3 Å². The molecule has 142 valence electrons. The van der Waals surface area contributed by atoms with Gasteiger partial charge in [0.05, 0.1) is 6.10 Å². The highest BCUT2D eigenvalue weighted by atomic mass is 16.5. The van der Waals surface area contributed by atoms with Crippen molar-refractivity contribution in [3.63, 3.8) is 0 Å². The minimum atomic E-state index is 0.207. The summed E-state index contributed by atoms with van der Waals surface area (Å²) in [5, 5.41) is 3.39. The Balaban J connectivity index is 1.25. The predicted molar refractivity (Wildman–Crippen MR) is 98.6 cm³/mol. The Bertz CT molecular complexity index is 462. The third-order valence-corrected chi connectivity index (χ3v) is 7.04. The molecule has 5 nitrogen and oxygen atoms in total. The number of urea groups is 1. The van der Waals surface area contributed by atoms with E-state index >= 15 is 0 Å². The van der Waals surface area contributed by atoms with Crippen LogP contribution in [0.5, 0.6) is 0 Å². The average molecular weight is 350 g/mol. The molecule has 4 fully saturated rings. The third kappa shape index (κ3) is 3.97. The quantitative estimate of drug-likeness (QED) is 0.849. The van der Waals surface area contributed by atoms with Crippen LogP contribution in [0.25, 0.3) is 0 Å². The van der Waals surface area contributed by atoms with Crippen LogP contribution >= 0.6 is 0 Å². The maximum absolute atomic E-state index is 12.9. The molecule has 0 aromatic heterocycles. The second kappa shape index (κ2) is 7.83. The molecule has 0 aromatic carbocycles. The van der Waals surface area contributed by atoms with E-state index in [4.69, 9.17) is 4.74 Å². The number of nitrogens with one attached hydrogen (secondary N) is 1. The standard InChI is InChI=1S/C20H35N3O2/c1-15-13-22(14-17-7-4-12-25-17)11-9-18(15)21-20(24)23-10-3-8-19(23)16-5-2-6-16/h15-19H,2-14H2,1H3,(H,21,24)/t15-,17+,18-,19+/m1/s1. The topological polar surface area (TPSA) is 44.8 Å². The SMILES string of the molecule is C[C@@H]1CN(C[C@@H]2CCCO2)CC[C@H]1NC(=O)N1CCC[C@H]1C1CCC1. The maximum atomic E-state index is 12.9. The van der Waals surface area contributed by atoms with Gasteiger partial charge in [0.2, 0.25) is 0 Å². The van der Waals surface area contributed by atoms with Gasteiger partial charge in [-0.15, -0.1) is 0 Å². The van der Waals surface area contributed by atoms with Crippen LogP contribution < -0.4 is 5.32 Å². The molecule has 1 N–H and O–H groups in total. The molecule has 5 heteroatoms. The highest BCUT2D eigenvalue weighted by Crippen LogP contribution is 2.37. The highest BCUT2D eigenvalue weighted by molar-refractivity contribution is 5.75. The third-order valence-electron chi connectivity index (χ3n) is 7.04. The van der Waals surface area contributed by atoms with Gasteiger partial charge in [0.15, 0.2) is 0 Å². The van der Waals surface area contributed by atoms with Crippen molar-refractivity contribution in [3.8, 4) is 0 Å². The summed E-state index contributed by atoms with van der Waals surface area (Å²) in [5.74, 6) is 1.29. The lowest BCUT2D eigenvalue weighted by molar-refractivity contribution is 0.0510. The van der Waals surface area contributed by atoms with Crippen LogP contribution in [0.4, 0.5) is 4.79 Å². The van der Waals surface area contributed by atoms with Crippen molar-refractivity contribution in [2.24, 2.45) is 11.8 Å². The normalized spacial score (nSPS) is 37.2. The first-order valence-electron chi connectivity index (χ1n) is 10.6. The number of hydrogen-bond donors (Lipinski definition) is 1. The summed E-state index contributed by atoms with van der Waals surface area (Å²) >= 11 is 0.